The Labute approximate surface area is 180 Å². The molecule has 0 saturated heterocycles. The molecule has 154 valence electrons. The van der Waals surface area contributed by atoms with E-state index in [2.05, 4.69) is 14.9 Å². The normalized spacial score (nSPS) is 15.7. The highest BCUT2D eigenvalue weighted by Gasteiger charge is 2.34. The first-order valence-electron chi connectivity index (χ1n) is 10.1. The van der Waals surface area contributed by atoms with Crippen molar-refractivity contribution in [1.29, 1.82) is 0 Å². The molecule has 0 fully saturated rings. The number of hydrogen-bond donors (Lipinski definition) is 1. The zero-order chi connectivity index (χ0) is 21.1. The number of nitrogens with zero attached hydrogens (tertiary/aromatic N) is 3. The molecule has 2 amide bonds. The van der Waals surface area contributed by atoms with E-state index in [0.717, 1.165) is 22.4 Å². The summed E-state index contributed by atoms with van der Waals surface area (Å²) in [6, 6.07) is 15.0. The van der Waals surface area contributed by atoms with Crippen molar-refractivity contribution in [3.05, 3.63) is 65.0 Å². The van der Waals surface area contributed by atoms with Crippen LogP contribution in [0.5, 0.6) is 0 Å². The third-order valence-electron chi connectivity index (χ3n) is 5.26. The Morgan fingerprint density at radius 1 is 1.13 bits per heavy atom. The van der Waals surface area contributed by atoms with Gasteiger partial charge in [0.2, 0.25) is 11.8 Å². The minimum absolute atomic E-state index is 0.0195. The number of carbonyl (C=O) groups is 2. The van der Waals surface area contributed by atoms with Crippen molar-refractivity contribution in [3.8, 4) is 11.3 Å². The van der Waals surface area contributed by atoms with Crippen LogP contribution in [0.2, 0.25) is 0 Å². The van der Waals surface area contributed by atoms with Crippen LogP contribution >= 0.6 is 11.5 Å². The van der Waals surface area contributed by atoms with Crippen molar-refractivity contribution < 1.29 is 9.59 Å². The van der Waals surface area contributed by atoms with Crippen LogP contribution in [0.15, 0.2) is 53.9 Å². The summed E-state index contributed by atoms with van der Waals surface area (Å²) in [5.41, 5.74) is 4.69. The maximum Gasteiger partial charge on any atom is 0.247 e. The van der Waals surface area contributed by atoms with Gasteiger partial charge in [-0.3, -0.25) is 9.59 Å². The van der Waals surface area contributed by atoms with Crippen LogP contribution in [-0.4, -0.2) is 32.3 Å². The predicted molar refractivity (Wildman–Crippen MR) is 118 cm³/mol. The second-order valence-electron chi connectivity index (χ2n) is 7.96. The standard InChI is InChI=1S/C23H24N4O2S/c1-15(2)11-22(28)27-13-18-6-4-3-5-17(18)12-21(27)23(29)24-19-9-7-16(8-10-19)20-14-30-26-25-20/h3-10,14-15,21H,11-13H2,1-2H3,(H,24,29). The highest BCUT2D eigenvalue weighted by atomic mass is 32.1. The Morgan fingerprint density at radius 3 is 2.53 bits per heavy atom. The monoisotopic (exact) mass is 420 g/mol. The quantitative estimate of drug-likeness (QED) is 0.673. The molecule has 1 unspecified atom stereocenters. The molecule has 6 nitrogen and oxygen atoms in total. The van der Waals surface area contributed by atoms with Crippen molar-refractivity contribution in [2.45, 2.75) is 39.3 Å². The van der Waals surface area contributed by atoms with E-state index in [1.165, 1.54) is 11.5 Å². The van der Waals surface area contributed by atoms with Crippen LogP contribution in [0.3, 0.4) is 0 Å². The zero-order valence-corrected chi connectivity index (χ0v) is 17.9. The molecule has 0 saturated carbocycles. The Bertz CT molecular complexity index is 1030. The summed E-state index contributed by atoms with van der Waals surface area (Å²) in [5, 5.41) is 8.93. The van der Waals surface area contributed by atoms with E-state index < -0.39 is 6.04 Å². The molecule has 1 aliphatic rings. The lowest BCUT2D eigenvalue weighted by atomic mass is 9.92. The first-order valence-corrected chi connectivity index (χ1v) is 10.9. The van der Waals surface area contributed by atoms with Crippen molar-refractivity contribution in [2.24, 2.45) is 5.92 Å². The molecular formula is C23H24N4O2S. The summed E-state index contributed by atoms with van der Waals surface area (Å²) in [7, 11) is 0. The highest BCUT2D eigenvalue weighted by molar-refractivity contribution is 7.03. The third-order valence-corrected chi connectivity index (χ3v) is 5.77. The Morgan fingerprint density at radius 2 is 1.87 bits per heavy atom. The summed E-state index contributed by atoms with van der Waals surface area (Å²) in [4.78, 5) is 27.8. The van der Waals surface area contributed by atoms with Crippen molar-refractivity contribution in [3.63, 3.8) is 0 Å². The Balaban J connectivity index is 1.53. The molecule has 1 aromatic heterocycles. The number of amides is 2. The van der Waals surface area contributed by atoms with E-state index >= 15 is 0 Å². The molecule has 0 aliphatic carbocycles. The summed E-state index contributed by atoms with van der Waals surface area (Å²) in [5.74, 6) is 0.0989. The van der Waals surface area contributed by atoms with E-state index in [4.69, 9.17) is 0 Å². The van der Waals surface area contributed by atoms with Gasteiger partial charge >= 0.3 is 0 Å². The van der Waals surface area contributed by atoms with Gasteiger partial charge in [0.15, 0.2) is 0 Å². The van der Waals surface area contributed by atoms with Crippen molar-refractivity contribution >= 4 is 29.0 Å². The lowest BCUT2D eigenvalue weighted by molar-refractivity contribution is -0.140. The lowest BCUT2D eigenvalue weighted by Gasteiger charge is -2.36. The van der Waals surface area contributed by atoms with Gasteiger partial charge in [-0.15, -0.1) is 5.10 Å². The van der Waals surface area contributed by atoms with Crippen LogP contribution in [0.25, 0.3) is 11.3 Å². The van der Waals surface area contributed by atoms with Crippen LogP contribution in [0.1, 0.15) is 31.4 Å². The molecule has 0 radical (unpaired) electrons. The minimum atomic E-state index is -0.520. The van der Waals surface area contributed by atoms with E-state index in [-0.39, 0.29) is 17.7 Å². The first-order chi connectivity index (χ1) is 14.5. The number of rotatable bonds is 5. The molecule has 1 N–H and O–H groups in total. The van der Waals surface area contributed by atoms with Gasteiger partial charge in [-0.2, -0.15) is 0 Å². The molecular weight excluding hydrogens is 396 g/mol. The number of anilines is 1. The molecule has 30 heavy (non-hydrogen) atoms. The maximum atomic E-state index is 13.2. The number of fused-ring (bicyclic) bond motifs is 1. The SMILES string of the molecule is CC(C)CC(=O)N1Cc2ccccc2CC1C(=O)Nc1ccc(-c2csnn2)cc1. The highest BCUT2D eigenvalue weighted by Crippen LogP contribution is 2.26. The molecule has 0 spiro atoms. The number of hydrogen-bond acceptors (Lipinski definition) is 5. The second-order valence-corrected chi connectivity index (χ2v) is 8.57. The summed E-state index contributed by atoms with van der Waals surface area (Å²) in [6.07, 6.45) is 0.955. The Kier molecular flexibility index (Phi) is 5.90. The number of aromatic nitrogens is 2. The molecule has 1 atom stereocenters. The van der Waals surface area contributed by atoms with E-state index in [0.29, 0.717) is 25.1 Å². The molecule has 2 heterocycles. The first kappa shape index (κ1) is 20.2. The lowest BCUT2D eigenvalue weighted by Crippen LogP contribution is -2.50. The number of benzene rings is 2. The van der Waals surface area contributed by atoms with Gasteiger partial charge in [0.1, 0.15) is 11.7 Å². The average Bonchev–Trinajstić information content (AvgIpc) is 3.27. The summed E-state index contributed by atoms with van der Waals surface area (Å²) < 4.78 is 3.88. The second kappa shape index (κ2) is 8.75. The molecule has 2 aromatic carbocycles. The van der Waals surface area contributed by atoms with Crippen LogP contribution < -0.4 is 5.32 Å². The van der Waals surface area contributed by atoms with Crippen LogP contribution in [-0.2, 0) is 22.6 Å². The number of nitrogens with one attached hydrogen (secondary N) is 1. The number of carbonyl (C=O) groups excluding carboxylic acids is 2. The average molecular weight is 421 g/mol. The van der Waals surface area contributed by atoms with Crippen molar-refractivity contribution in [2.75, 3.05) is 5.32 Å². The van der Waals surface area contributed by atoms with E-state index in [9.17, 15) is 9.59 Å². The molecule has 1 aliphatic heterocycles. The van der Waals surface area contributed by atoms with Crippen LogP contribution in [0.4, 0.5) is 5.69 Å². The van der Waals surface area contributed by atoms with E-state index in [1.54, 1.807) is 4.90 Å². The fourth-order valence-electron chi connectivity index (χ4n) is 3.73. The molecule has 4 rings (SSSR count). The summed E-state index contributed by atoms with van der Waals surface area (Å²) >= 11 is 1.30. The van der Waals surface area contributed by atoms with Gasteiger partial charge < -0.3 is 10.2 Å². The van der Waals surface area contributed by atoms with Gasteiger partial charge in [0, 0.05) is 36.0 Å². The fourth-order valence-corrected chi connectivity index (χ4v) is 4.19. The van der Waals surface area contributed by atoms with Crippen molar-refractivity contribution in [1.82, 2.24) is 14.5 Å². The van der Waals surface area contributed by atoms with Gasteiger partial charge in [-0.1, -0.05) is 54.7 Å². The minimum Gasteiger partial charge on any atom is -0.326 e. The summed E-state index contributed by atoms with van der Waals surface area (Å²) in [6.45, 7) is 4.50. The third kappa shape index (κ3) is 4.41. The zero-order valence-electron chi connectivity index (χ0n) is 17.0. The molecule has 0 bridgehead atoms. The Hall–Kier alpha value is -3.06. The predicted octanol–water partition coefficient (Wildman–Crippen LogP) is 4.14. The van der Waals surface area contributed by atoms with Gasteiger partial charge in [-0.05, 0) is 40.7 Å². The van der Waals surface area contributed by atoms with Gasteiger partial charge in [0.05, 0.1) is 0 Å². The molecule has 3 aromatic rings. The van der Waals surface area contributed by atoms with Gasteiger partial charge in [0.25, 0.3) is 0 Å². The smallest absolute Gasteiger partial charge is 0.247 e. The molecule has 7 heteroatoms. The van der Waals surface area contributed by atoms with Gasteiger partial charge in [-0.25, -0.2) is 0 Å². The largest absolute Gasteiger partial charge is 0.326 e. The van der Waals surface area contributed by atoms with Crippen LogP contribution in [0, 0.1) is 5.92 Å². The fraction of sp³-hybridized carbons (Fsp3) is 0.304. The van der Waals surface area contributed by atoms with E-state index in [1.807, 2.05) is 67.8 Å². The maximum absolute atomic E-state index is 13.2. The topological polar surface area (TPSA) is 75.2 Å².